The monoisotopic (exact) mass is 348 g/mol. The summed E-state index contributed by atoms with van der Waals surface area (Å²) in [5.41, 5.74) is 1.70. The van der Waals surface area contributed by atoms with E-state index in [4.69, 9.17) is 0 Å². The number of hydrogen-bond donors (Lipinski definition) is 0. The molecule has 0 radical (unpaired) electrons. The van der Waals surface area contributed by atoms with Gasteiger partial charge in [-0.15, -0.1) is 0 Å². The van der Waals surface area contributed by atoms with Crippen LogP contribution >= 0.6 is 0 Å². The largest absolute Gasteiger partial charge is 0.252 e. The van der Waals surface area contributed by atoms with Gasteiger partial charge in [0.25, 0.3) is 0 Å². The molecule has 0 amide bonds. The van der Waals surface area contributed by atoms with Crippen LogP contribution in [0.2, 0.25) is 0 Å². The van der Waals surface area contributed by atoms with E-state index < -0.39 is 0 Å². The maximum absolute atomic E-state index is 9.26. The number of nitrogens with zero attached hydrogens (tertiary/aromatic N) is 7. The summed E-state index contributed by atoms with van der Waals surface area (Å²) < 4.78 is 1.87. The van der Waals surface area contributed by atoms with Crippen LogP contribution in [0, 0.1) is 45.3 Å². The molecule has 7 nitrogen and oxygen atoms in total. The summed E-state index contributed by atoms with van der Waals surface area (Å²) in [6.07, 6.45) is 5.26. The third kappa shape index (κ3) is 3.05. The van der Waals surface area contributed by atoms with Gasteiger partial charge in [-0.05, 0) is 12.1 Å². The Morgan fingerprint density at radius 3 is 1.85 bits per heavy atom. The van der Waals surface area contributed by atoms with E-state index >= 15 is 0 Å². The Bertz CT molecular complexity index is 1320. The van der Waals surface area contributed by atoms with Crippen LogP contribution in [0.25, 0.3) is 33.4 Å². The van der Waals surface area contributed by atoms with Gasteiger partial charge in [0, 0.05) is 28.1 Å². The standard InChI is InChI=1S/C20H10N7/c1-27-6-4-13(5-7-27)18-12-25-19-16(14(8-21)9-22)2-3-17(20(19)26-18)15(10-23)11-24/h2-7,12H,1H3/q+1. The SMILES string of the molecule is C[n+]1ccc(-c2cnc3c(=C(C#N)C#N)ccc(=C(C#N)C#N)c3n2)cc1. The van der Waals surface area contributed by atoms with Crippen molar-refractivity contribution in [1.29, 1.82) is 21.0 Å². The van der Waals surface area contributed by atoms with E-state index in [9.17, 15) is 21.0 Å². The lowest BCUT2D eigenvalue weighted by atomic mass is 10.1. The highest BCUT2D eigenvalue weighted by Gasteiger charge is 2.11. The maximum atomic E-state index is 9.26. The molecule has 3 aromatic rings. The first-order valence-electron chi connectivity index (χ1n) is 7.73. The summed E-state index contributed by atoms with van der Waals surface area (Å²) in [6, 6.07) is 14.1. The number of fused-ring (bicyclic) bond motifs is 1. The van der Waals surface area contributed by atoms with Crippen molar-refractivity contribution in [3.05, 3.63) is 53.3 Å². The molecule has 0 saturated heterocycles. The molecule has 0 aliphatic rings. The minimum Gasteiger partial charge on any atom is -0.252 e. The molecule has 0 unspecified atom stereocenters. The molecule has 7 heteroatoms. The second-order valence-corrected chi connectivity index (χ2v) is 5.56. The molecule has 0 N–H and O–H groups in total. The van der Waals surface area contributed by atoms with Gasteiger partial charge in [-0.3, -0.25) is 4.98 Å². The number of nitriles is 4. The van der Waals surface area contributed by atoms with Gasteiger partial charge in [0.2, 0.25) is 0 Å². The first-order chi connectivity index (χ1) is 13.1. The van der Waals surface area contributed by atoms with Crippen LogP contribution in [-0.2, 0) is 7.05 Å². The fourth-order valence-corrected chi connectivity index (χ4v) is 2.60. The molecule has 27 heavy (non-hydrogen) atoms. The Morgan fingerprint density at radius 2 is 1.33 bits per heavy atom. The van der Waals surface area contributed by atoms with Crippen molar-refractivity contribution >= 4 is 22.2 Å². The second kappa shape index (κ2) is 7.11. The Balaban J connectivity index is 2.52. The third-order valence-electron chi connectivity index (χ3n) is 3.96. The van der Waals surface area contributed by atoms with Crippen LogP contribution in [0.5, 0.6) is 0 Å². The first kappa shape index (κ1) is 17.2. The van der Waals surface area contributed by atoms with E-state index in [2.05, 4.69) is 9.97 Å². The average molecular weight is 348 g/mol. The zero-order chi connectivity index (χ0) is 19.4. The lowest BCUT2D eigenvalue weighted by molar-refractivity contribution is -0.671. The van der Waals surface area contributed by atoms with E-state index in [0.29, 0.717) is 27.2 Å². The van der Waals surface area contributed by atoms with Gasteiger partial charge in [-0.1, -0.05) is 0 Å². The summed E-state index contributed by atoms with van der Waals surface area (Å²) in [6.45, 7) is 0. The van der Waals surface area contributed by atoms with Crippen molar-refractivity contribution in [2.45, 2.75) is 0 Å². The van der Waals surface area contributed by atoms with E-state index in [0.717, 1.165) is 5.56 Å². The van der Waals surface area contributed by atoms with Gasteiger partial charge in [0.15, 0.2) is 12.4 Å². The van der Waals surface area contributed by atoms with E-state index in [-0.39, 0.29) is 11.1 Å². The number of hydrogen-bond acceptors (Lipinski definition) is 6. The molecular formula is C20H10N7+. The van der Waals surface area contributed by atoms with Crippen LogP contribution in [0.3, 0.4) is 0 Å². The van der Waals surface area contributed by atoms with Gasteiger partial charge in [-0.25, -0.2) is 9.55 Å². The normalized spacial score (nSPS) is 9.52. The van der Waals surface area contributed by atoms with E-state index in [1.54, 1.807) is 0 Å². The maximum Gasteiger partial charge on any atom is 0.169 e. The zero-order valence-electron chi connectivity index (χ0n) is 14.2. The van der Waals surface area contributed by atoms with Crippen LogP contribution in [0.4, 0.5) is 0 Å². The predicted molar refractivity (Wildman–Crippen MR) is 94.7 cm³/mol. The molecule has 0 bridgehead atoms. The smallest absolute Gasteiger partial charge is 0.169 e. The summed E-state index contributed by atoms with van der Waals surface area (Å²) in [5, 5.41) is 37.5. The van der Waals surface area contributed by atoms with Crippen molar-refractivity contribution in [3.63, 3.8) is 0 Å². The Hall–Kier alpha value is -4.59. The molecule has 0 fully saturated rings. The topological polar surface area (TPSA) is 125 Å². The second-order valence-electron chi connectivity index (χ2n) is 5.56. The van der Waals surface area contributed by atoms with E-state index in [1.165, 1.54) is 18.3 Å². The molecule has 0 spiro atoms. The number of aryl methyl sites for hydroxylation is 1. The van der Waals surface area contributed by atoms with Gasteiger partial charge >= 0.3 is 0 Å². The molecule has 0 aliphatic carbocycles. The number of aromatic nitrogens is 3. The van der Waals surface area contributed by atoms with Gasteiger partial charge in [0.05, 0.1) is 22.9 Å². The fraction of sp³-hybridized carbons (Fsp3) is 0.0500. The summed E-state index contributed by atoms with van der Waals surface area (Å²) in [4.78, 5) is 8.96. The van der Waals surface area contributed by atoms with Crippen LogP contribution < -0.4 is 15.0 Å². The van der Waals surface area contributed by atoms with Crippen LogP contribution in [-0.4, -0.2) is 9.97 Å². The number of benzene rings is 1. The van der Waals surface area contributed by atoms with Crippen molar-refractivity contribution in [1.82, 2.24) is 9.97 Å². The van der Waals surface area contributed by atoms with Crippen molar-refractivity contribution in [2.75, 3.05) is 0 Å². The minimum atomic E-state index is -0.118. The first-order valence-corrected chi connectivity index (χ1v) is 7.73. The third-order valence-corrected chi connectivity index (χ3v) is 3.96. The lowest BCUT2D eigenvalue weighted by Gasteiger charge is -2.04. The molecule has 0 aliphatic heterocycles. The lowest BCUT2D eigenvalue weighted by Crippen LogP contribution is -2.25. The van der Waals surface area contributed by atoms with Gasteiger partial charge in [0.1, 0.15) is 42.5 Å². The molecule has 3 rings (SSSR count). The molecule has 0 atom stereocenters. The van der Waals surface area contributed by atoms with Gasteiger partial charge in [-0.2, -0.15) is 21.0 Å². The summed E-state index contributed by atoms with van der Waals surface area (Å²) in [5.74, 6) is 0. The van der Waals surface area contributed by atoms with Crippen LogP contribution in [0.15, 0.2) is 42.9 Å². The minimum absolute atomic E-state index is 0.115. The average Bonchev–Trinajstić information content (AvgIpc) is 2.71. The zero-order valence-corrected chi connectivity index (χ0v) is 14.2. The molecule has 2 heterocycles. The summed E-state index contributed by atoms with van der Waals surface area (Å²) >= 11 is 0. The highest BCUT2D eigenvalue weighted by Crippen LogP contribution is 2.15. The Kier molecular flexibility index (Phi) is 4.54. The predicted octanol–water partition coefficient (Wildman–Crippen LogP) is 0.517. The van der Waals surface area contributed by atoms with E-state index in [1.807, 2.05) is 60.4 Å². The van der Waals surface area contributed by atoms with Gasteiger partial charge < -0.3 is 0 Å². The highest BCUT2D eigenvalue weighted by molar-refractivity contribution is 5.88. The molecule has 0 saturated carbocycles. The Morgan fingerprint density at radius 1 is 0.815 bits per heavy atom. The molecular weight excluding hydrogens is 338 g/mol. The Labute approximate surface area is 154 Å². The van der Waals surface area contributed by atoms with Crippen molar-refractivity contribution < 1.29 is 4.57 Å². The highest BCUT2D eigenvalue weighted by atomic mass is 14.9. The number of rotatable bonds is 1. The molecule has 2 aromatic heterocycles. The van der Waals surface area contributed by atoms with Crippen LogP contribution in [0.1, 0.15) is 0 Å². The summed E-state index contributed by atoms with van der Waals surface area (Å²) in [7, 11) is 1.89. The van der Waals surface area contributed by atoms with Crippen molar-refractivity contribution in [3.8, 4) is 35.5 Å². The molecule has 1 aromatic carbocycles. The number of pyridine rings is 1. The quantitative estimate of drug-likeness (QED) is 0.590. The van der Waals surface area contributed by atoms with Crippen molar-refractivity contribution in [2.24, 2.45) is 7.05 Å². The fourth-order valence-electron chi connectivity index (χ4n) is 2.60. The molecule has 124 valence electrons.